The molecule has 0 bridgehead atoms. The highest BCUT2D eigenvalue weighted by molar-refractivity contribution is 8.01. The number of carbonyl (C=O) groups excluding carboxylic acids is 2. The summed E-state index contributed by atoms with van der Waals surface area (Å²) < 4.78 is 2.01. The average Bonchev–Trinajstić information content (AvgIpc) is 2.98. The van der Waals surface area contributed by atoms with Crippen molar-refractivity contribution in [1.82, 2.24) is 20.5 Å². The number of fused-ring (bicyclic) bond motifs is 1. The fourth-order valence-electron chi connectivity index (χ4n) is 2.48. The molecule has 148 valence electrons. The summed E-state index contributed by atoms with van der Waals surface area (Å²) in [6, 6.07) is 7.33. The number of primary amides is 1. The van der Waals surface area contributed by atoms with E-state index in [2.05, 4.69) is 15.6 Å². The van der Waals surface area contributed by atoms with Crippen molar-refractivity contribution in [3.63, 3.8) is 0 Å². The summed E-state index contributed by atoms with van der Waals surface area (Å²) in [7, 11) is 0. The molecule has 1 heterocycles. The smallest absolute Gasteiger partial charge is 0.317 e. The van der Waals surface area contributed by atoms with E-state index in [4.69, 9.17) is 5.73 Å². The molecule has 0 fully saturated rings. The van der Waals surface area contributed by atoms with Gasteiger partial charge < -0.3 is 21.3 Å². The van der Waals surface area contributed by atoms with Gasteiger partial charge in [0.05, 0.1) is 10.2 Å². The van der Waals surface area contributed by atoms with E-state index in [9.17, 15) is 9.59 Å². The van der Waals surface area contributed by atoms with Crippen molar-refractivity contribution in [1.29, 1.82) is 0 Å². The quantitative estimate of drug-likeness (QED) is 0.583. The SMILES string of the molecule is CC(C)NC(=O)N(CC(CNC(N)=O)Sc1nc2ccccc2s1)C(C)C. The molecular weight excluding hydrogens is 382 g/mol. The Morgan fingerprint density at radius 1 is 1.26 bits per heavy atom. The molecule has 0 radical (unpaired) electrons. The predicted molar refractivity (Wildman–Crippen MR) is 112 cm³/mol. The molecule has 7 nitrogen and oxygen atoms in total. The molecule has 1 unspecified atom stereocenters. The van der Waals surface area contributed by atoms with Gasteiger partial charge in [-0.25, -0.2) is 14.6 Å². The molecule has 0 aliphatic heterocycles. The molecule has 4 N–H and O–H groups in total. The number of nitrogens with two attached hydrogens (primary N) is 1. The Balaban J connectivity index is 2.15. The third-order valence-electron chi connectivity index (χ3n) is 3.74. The van der Waals surface area contributed by atoms with Crippen LogP contribution in [0.25, 0.3) is 10.2 Å². The third-order valence-corrected chi connectivity index (χ3v) is 6.05. The molecule has 0 saturated heterocycles. The first kappa shape index (κ1) is 21.3. The standard InChI is InChI=1S/C18H27N5O2S2/c1-11(2)21-17(25)23(12(3)4)10-13(9-20-16(19)24)26-18-22-14-7-5-6-8-15(14)27-18/h5-8,11-13H,9-10H2,1-4H3,(H,21,25)(H3,19,20,24). The Kier molecular flexibility index (Phi) is 7.73. The third kappa shape index (κ3) is 6.59. The molecule has 2 rings (SSSR count). The van der Waals surface area contributed by atoms with E-state index in [-0.39, 0.29) is 23.4 Å². The van der Waals surface area contributed by atoms with Crippen LogP contribution < -0.4 is 16.4 Å². The van der Waals surface area contributed by atoms with E-state index in [1.165, 1.54) is 0 Å². The Labute approximate surface area is 168 Å². The highest BCUT2D eigenvalue weighted by Crippen LogP contribution is 2.32. The number of aromatic nitrogens is 1. The predicted octanol–water partition coefficient (Wildman–Crippen LogP) is 3.25. The second-order valence-corrected chi connectivity index (χ2v) is 9.36. The molecular formula is C18H27N5O2S2. The van der Waals surface area contributed by atoms with Gasteiger partial charge >= 0.3 is 12.1 Å². The highest BCUT2D eigenvalue weighted by Gasteiger charge is 2.24. The summed E-state index contributed by atoms with van der Waals surface area (Å²) in [6.07, 6.45) is 0. The molecule has 0 aliphatic rings. The van der Waals surface area contributed by atoms with Crippen molar-refractivity contribution in [3.8, 4) is 0 Å². The molecule has 27 heavy (non-hydrogen) atoms. The fourth-order valence-corrected chi connectivity index (χ4v) is 4.88. The number of thioether (sulfide) groups is 1. The number of hydrogen-bond donors (Lipinski definition) is 3. The van der Waals surface area contributed by atoms with Crippen LogP contribution in [0.5, 0.6) is 0 Å². The number of nitrogens with zero attached hydrogens (tertiary/aromatic N) is 2. The van der Waals surface area contributed by atoms with Gasteiger partial charge in [-0.1, -0.05) is 23.9 Å². The van der Waals surface area contributed by atoms with E-state index >= 15 is 0 Å². The topological polar surface area (TPSA) is 100 Å². The van der Waals surface area contributed by atoms with Crippen molar-refractivity contribution in [2.75, 3.05) is 13.1 Å². The second kappa shape index (κ2) is 9.80. The number of rotatable bonds is 8. The van der Waals surface area contributed by atoms with Crippen LogP contribution in [-0.2, 0) is 0 Å². The zero-order valence-electron chi connectivity index (χ0n) is 16.1. The summed E-state index contributed by atoms with van der Waals surface area (Å²) in [4.78, 5) is 30.1. The largest absolute Gasteiger partial charge is 0.352 e. The monoisotopic (exact) mass is 409 g/mol. The Morgan fingerprint density at radius 3 is 2.56 bits per heavy atom. The maximum atomic E-state index is 12.5. The summed E-state index contributed by atoms with van der Waals surface area (Å²) >= 11 is 3.16. The minimum atomic E-state index is -0.576. The minimum absolute atomic E-state index is 0.0239. The molecule has 9 heteroatoms. The molecule has 1 aromatic heterocycles. The maximum Gasteiger partial charge on any atom is 0.317 e. The van der Waals surface area contributed by atoms with E-state index in [0.29, 0.717) is 13.1 Å². The van der Waals surface area contributed by atoms with Crippen LogP contribution in [0.3, 0.4) is 0 Å². The lowest BCUT2D eigenvalue weighted by atomic mass is 10.3. The number of carbonyl (C=O) groups is 2. The van der Waals surface area contributed by atoms with Gasteiger partial charge in [0.2, 0.25) is 0 Å². The van der Waals surface area contributed by atoms with Crippen LogP contribution in [0.1, 0.15) is 27.7 Å². The molecule has 0 saturated carbocycles. The summed E-state index contributed by atoms with van der Waals surface area (Å²) in [6.45, 7) is 8.63. The lowest BCUT2D eigenvalue weighted by molar-refractivity contribution is 0.181. The summed E-state index contributed by atoms with van der Waals surface area (Å²) in [5, 5.41) is 5.52. The van der Waals surface area contributed by atoms with Crippen molar-refractivity contribution in [2.24, 2.45) is 5.73 Å². The first-order valence-corrected chi connectivity index (χ1v) is 10.6. The first-order valence-electron chi connectivity index (χ1n) is 8.89. The van der Waals surface area contributed by atoms with Crippen LogP contribution in [0.2, 0.25) is 0 Å². The number of amides is 4. The van der Waals surface area contributed by atoms with E-state index in [1.807, 2.05) is 52.0 Å². The number of urea groups is 2. The summed E-state index contributed by atoms with van der Waals surface area (Å²) in [5.74, 6) is 0. The number of benzene rings is 1. The van der Waals surface area contributed by atoms with Crippen molar-refractivity contribution in [3.05, 3.63) is 24.3 Å². The van der Waals surface area contributed by atoms with Gasteiger partial charge in [0, 0.05) is 30.4 Å². The number of thiazole rings is 1. The lowest BCUT2D eigenvalue weighted by Crippen LogP contribution is -2.50. The zero-order chi connectivity index (χ0) is 20.0. The number of nitrogens with one attached hydrogen (secondary N) is 2. The molecule has 0 spiro atoms. The van der Waals surface area contributed by atoms with Crippen LogP contribution in [0.4, 0.5) is 9.59 Å². The average molecular weight is 410 g/mol. The molecule has 1 aromatic carbocycles. The van der Waals surface area contributed by atoms with Gasteiger partial charge in [-0.2, -0.15) is 0 Å². The van der Waals surface area contributed by atoms with Gasteiger partial charge in [-0.15, -0.1) is 11.3 Å². The number of para-hydroxylation sites is 1. The fraction of sp³-hybridized carbons (Fsp3) is 0.500. The normalized spacial score (nSPS) is 12.4. The van der Waals surface area contributed by atoms with Crippen LogP contribution in [-0.4, -0.2) is 52.4 Å². The summed E-state index contributed by atoms with van der Waals surface area (Å²) in [5.41, 5.74) is 6.20. The van der Waals surface area contributed by atoms with Crippen molar-refractivity contribution < 1.29 is 9.59 Å². The Bertz CT molecular complexity index is 745. The Morgan fingerprint density at radius 2 is 1.96 bits per heavy atom. The van der Waals surface area contributed by atoms with Crippen molar-refractivity contribution in [2.45, 2.75) is 49.4 Å². The van der Waals surface area contributed by atoms with Crippen LogP contribution in [0, 0.1) is 0 Å². The highest BCUT2D eigenvalue weighted by atomic mass is 32.2. The molecule has 4 amide bonds. The molecule has 2 aromatic rings. The van der Waals surface area contributed by atoms with Gasteiger partial charge in [0.25, 0.3) is 0 Å². The zero-order valence-corrected chi connectivity index (χ0v) is 17.7. The van der Waals surface area contributed by atoms with Crippen LogP contribution in [0.15, 0.2) is 28.6 Å². The van der Waals surface area contributed by atoms with Gasteiger partial charge in [0.15, 0.2) is 4.34 Å². The molecule has 0 aliphatic carbocycles. The second-order valence-electron chi connectivity index (χ2n) is 6.78. The number of hydrogen-bond acceptors (Lipinski definition) is 5. The van der Waals surface area contributed by atoms with Gasteiger partial charge in [-0.3, -0.25) is 0 Å². The Hall–Kier alpha value is -2.00. The van der Waals surface area contributed by atoms with Gasteiger partial charge in [0.1, 0.15) is 0 Å². The van der Waals surface area contributed by atoms with Gasteiger partial charge in [-0.05, 0) is 39.8 Å². The maximum absolute atomic E-state index is 12.5. The first-order chi connectivity index (χ1) is 12.8. The molecule has 1 atom stereocenters. The van der Waals surface area contributed by atoms with E-state index in [0.717, 1.165) is 14.6 Å². The lowest BCUT2D eigenvalue weighted by Gasteiger charge is -2.31. The van der Waals surface area contributed by atoms with Crippen LogP contribution >= 0.6 is 23.1 Å². The van der Waals surface area contributed by atoms with Crippen molar-refractivity contribution >= 4 is 45.4 Å². The van der Waals surface area contributed by atoms with E-state index < -0.39 is 6.03 Å². The van der Waals surface area contributed by atoms with E-state index in [1.54, 1.807) is 28.0 Å². The minimum Gasteiger partial charge on any atom is -0.352 e.